The fraction of sp³-hybridized carbons (Fsp3) is 0.600. The van der Waals surface area contributed by atoms with Crippen molar-refractivity contribution in [2.24, 2.45) is 0 Å². The van der Waals surface area contributed by atoms with Crippen molar-refractivity contribution >= 4 is 10.0 Å². The Hall–Kier alpha value is -0.910. The first-order chi connectivity index (χ1) is 9.51. The minimum atomic E-state index is -3.39. The van der Waals surface area contributed by atoms with Crippen LogP contribution in [0.2, 0.25) is 0 Å². The molecule has 0 unspecified atom stereocenters. The molecule has 0 heterocycles. The molecular weight excluding hydrogens is 272 g/mol. The molecule has 1 rings (SSSR count). The van der Waals surface area contributed by atoms with Gasteiger partial charge in [-0.15, -0.1) is 0 Å². The number of nitrogens with one attached hydrogen (secondary N) is 1. The second-order valence-electron chi connectivity index (χ2n) is 4.82. The van der Waals surface area contributed by atoms with Crippen LogP contribution in [0.1, 0.15) is 38.3 Å². The van der Waals surface area contributed by atoms with Crippen LogP contribution in [0.4, 0.5) is 0 Å². The molecular formula is C15H26N2O2S. The van der Waals surface area contributed by atoms with E-state index in [1.807, 2.05) is 46.0 Å². The summed E-state index contributed by atoms with van der Waals surface area (Å²) < 4.78 is 27.2. The largest absolute Gasteiger partial charge is 0.316 e. The average Bonchev–Trinajstić information content (AvgIpc) is 2.44. The number of aryl methyl sites for hydroxylation is 1. The first-order valence-electron chi connectivity index (χ1n) is 7.27. The molecule has 1 aromatic rings. The van der Waals surface area contributed by atoms with Crippen molar-refractivity contribution in [2.45, 2.75) is 45.1 Å². The lowest BCUT2D eigenvalue weighted by Crippen LogP contribution is -2.32. The van der Waals surface area contributed by atoms with E-state index in [0.717, 1.165) is 24.0 Å². The SMILES string of the molecule is CCCN(CC)S(=O)(=O)c1cc(CNC)ccc1CC. The van der Waals surface area contributed by atoms with E-state index < -0.39 is 10.0 Å². The highest BCUT2D eigenvalue weighted by Gasteiger charge is 2.24. The van der Waals surface area contributed by atoms with Crippen LogP contribution in [0, 0.1) is 0 Å². The Morgan fingerprint density at radius 3 is 2.40 bits per heavy atom. The van der Waals surface area contributed by atoms with Crippen LogP contribution >= 0.6 is 0 Å². The van der Waals surface area contributed by atoms with Gasteiger partial charge < -0.3 is 5.32 Å². The molecule has 0 aliphatic carbocycles. The van der Waals surface area contributed by atoms with Gasteiger partial charge in [0.1, 0.15) is 0 Å². The molecule has 0 saturated carbocycles. The number of hydrogen-bond donors (Lipinski definition) is 1. The Kier molecular flexibility index (Phi) is 6.65. The van der Waals surface area contributed by atoms with Gasteiger partial charge in [-0.2, -0.15) is 4.31 Å². The minimum Gasteiger partial charge on any atom is -0.316 e. The highest BCUT2D eigenvalue weighted by atomic mass is 32.2. The molecule has 0 aliphatic heterocycles. The van der Waals surface area contributed by atoms with Gasteiger partial charge in [0.05, 0.1) is 4.90 Å². The van der Waals surface area contributed by atoms with Gasteiger partial charge in [0.25, 0.3) is 0 Å². The van der Waals surface area contributed by atoms with Crippen LogP contribution in [-0.2, 0) is 23.0 Å². The Labute approximate surface area is 123 Å². The van der Waals surface area contributed by atoms with E-state index in [4.69, 9.17) is 0 Å². The molecule has 0 amide bonds. The smallest absolute Gasteiger partial charge is 0.243 e. The van der Waals surface area contributed by atoms with E-state index in [1.54, 1.807) is 4.31 Å². The third-order valence-corrected chi connectivity index (χ3v) is 5.39. The first kappa shape index (κ1) is 17.1. The topological polar surface area (TPSA) is 49.4 Å². The second-order valence-corrected chi connectivity index (χ2v) is 6.73. The highest BCUT2D eigenvalue weighted by Crippen LogP contribution is 2.22. The van der Waals surface area contributed by atoms with Gasteiger partial charge in [-0.25, -0.2) is 8.42 Å². The van der Waals surface area contributed by atoms with E-state index >= 15 is 0 Å². The first-order valence-corrected chi connectivity index (χ1v) is 8.71. The molecule has 0 aliphatic rings. The van der Waals surface area contributed by atoms with Crippen molar-refractivity contribution in [1.82, 2.24) is 9.62 Å². The van der Waals surface area contributed by atoms with Crippen molar-refractivity contribution in [2.75, 3.05) is 20.1 Å². The third kappa shape index (κ3) is 3.81. The van der Waals surface area contributed by atoms with Crippen LogP contribution in [-0.4, -0.2) is 32.9 Å². The van der Waals surface area contributed by atoms with Gasteiger partial charge in [0, 0.05) is 19.6 Å². The molecule has 1 aromatic carbocycles. The summed E-state index contributed by atoms with van der Waals surface area (Å²) in [5.41, 5.74) is 1.88. The quantitative estimate of drug-likeness (QED) is 0.801. The molecule has 114 valence electrons. The molecule has 0 fully saturated rings. The molecule has 5 heteroatoms. The van der Waals surface area contributed by atoms with Gasteiger partial charge in [0.2, 0.25) is 10.0 Å². The summed E-state index contributed by atoms with van der Waals surface area (Å²) in [6.45, 7) is 7.62. The fourth-order valence-corrected chi connectivity index (χ4v) is 4.17. The van der Waals surface area contributed by atoms with Gasteiger partial charge in [-0.3, -0.25) is 0 Å². The zero-order chi connectivity index (χ0) is 15.2. The van der Waals surface area contributed by atoms with E-state index in [1.165, 1.54) is 0 Å². The maximum absolute atomic E-state index is 12.8. The summed E-state index contributed by atoms with van der Waals surface area (Å²) in [7, 11) is -1.53. The van der Waals surface area contributed by atoms with E-state index in [2.05, 4.69) is 5.32 Å². The van der Waals surface area contributed by atoms with Crippen LogP contribution < -0.4 is 5.32 Å². The standard InChI is InChI=1S/C15H26N2O2S/c1-5-10-17(7-3)20(18,19)15-11-13(12-16-4)8-9-14(15)6-2/h8-9,11,16H,5-7,10,12H2,1-4H3. The molecule has 20 heavy (non-hydrogen) atoms. The van der Waals surface area contributed by atoms with Crippen molar-refractivity contribution in [1.29, 1.82) is 0 Å². The van der Waals surface area contributed by atoms with Crippen molar-refractivity contribution in [3.8, 4) is 0 Å². The predicted octanol–water partition coefficient (Wildman–Crippen LogP) is 2.39. The summed E-state index contributed by atoms with van der Waals surface area (Å²) in [6.07, 6.45) is 1.54. The number of hydrogen-bond acceptors (Lipinski definition) is 3. The van der Waals surface area contributed by atoms with Crippen molar-refractivity contribution in [3.05, 3.63) is 29.3 Å². The van der Waals surface area contributed by atoms with Gasteiger partial charge in [-0.1, -0.05) is 32.9 Å². The maximum Gasteiger partial charge on any atom is 0.243 e. The number of sulfonamides is 1. The Bertz CT molecular complexity index is 527. The highest BCUT2D eigenvalue weighted by molar-refractivity contribution is 7.89. The van der Waals surface area contributed by atoms with Crippen LogP contribution in [0.3, 0.4) is 0 Å². The molecule has 0 bridgehead atoms. The molecule has 0 saturated heterocycles. The van der Waals surface area contributed by atoms with E-state index in [-0.39, 0.29) is 0 Å². The fourth-order valence-electron chi connectivity index (χ4n) is 2.28. The molecule has 4 nitrogen and oxygen atoms in total. The zero-order valence-corrected chi connectivity index (χ0v) is 13.8. The lowest BCUT2D eigenvalue weighted by Gasteiger charge is -2.22. The van der Waals surface area contributed by atoms with Gasteiger partial charge in [-0.05, 0) is 37.1 Å². The summed E-state index contributed by atoms with van der Waals surface area (Å²) in [6, 6.07) is 5.73. The Balaban J connectivity index is 3.30. The third-order valence-electron chi connectivity index (χ3n) is 3.34. The second kappa shape index (κ2) is 7.76. The maximum atomic E-state index is 12.8. The number of rotatable bonds is 8. The molecule has 0 radical (unpaired) electrons. The lowest BCUT2D eigenvalue weighted by molar-refractivity contribution is 0.426. The van der Waals surface area contributed by atoms with Crippen molar-refractivity contribution in [3.63, 3.8) is 0 Å². The lowest BCUT2D eigenvalue weighted by atomic mass is 10.1. The summed E-state index contributed by atoms with van der Waals surface area (Å²) in [4.78, 5) is 0.461. The van der Waals surface area contributed by atoms with Crippen LogP contribution in [0.5, 0.6) is 0 Å². The van der Waals surface area contributed by atoms with E-state index in [9.17, 15) is 8.42 Å². The predicted molar refractivity (Wildman–Crippen MR) is 83.3 cm³/mol. The summed E-state index contributed by atoms with van der Waals surface area (Å²) in [5, 5.41) is 3.06. The van der Waals surface area contributed by atoms with Crippen LogP contribution in [0.25, 0.3) is 0 Å². The number of benzene rings is 1. The average molecular weight is 298 g/mol. The van der Waals surface area contributed by atoms with Gasteiger partial charge in [0.15, 0.2) is 0 Å². The molecule has 0 spiro atoms. The van der Waals surface area contributed by atoms with Crippen molar-refractivity contribution < 1.29 is 8.42 Å². The monoisotopic (exact) mass is 298 g/mol. The van der Waals surface area contributed by atoms with Gasteiger partial charge >= 0.3 is 0 Å². The van der Waals surface area contributed by atoms with E-state index in [0.29, 0.717) is 24.5 Å². The van der Waals surface area contributed by atoms with Crippen LogP contribution in [0.15, 0.2) is 23.1 Å². The zero-order valence-electron chi connectivity index (χ0n) is 12.9. The number of nitrogens with zero attached hydrogens (tertiary/aromatic N) is 1. The minimum absolute atomic E-state index is 0.461. The molecule has 0 atom stereocenters. The Morgan fingerprint density at radius 1 is 1.20 bits per heavy atom. The molecule has 0 aromatic heterocycles. The Morgan fingerprint density at radius 2 is 1.90 bits per heavy atom. The summed E-state index contributed by atoms with van der Waals surface area (Å²) >= 11 is 0. The summed E-state index contributed by atoms with van der Waals surface area (Å²) in [5.74, 6) is 0. The molecule has 1 N–H and O–H groups in total. The normalized spacial score (nSPS) is 12.1.